The molecular formula is C15H21BrN2O. The first kappa shape index (κ1) is 14.4. The maximum absolute atomic E-state index is 12.8. The molecule has 0 saturated carbocycles. The number of carbonyl (C=O) groups excluding carboxylic acids is 1. The summed E-state index contributed by atoms with van der Waals surface area (Å²) in [5.41, 5.74) is 8.21. The van der Waals surface area contributed by atoms with E-state index in [4.69, 9.17) is 5.73 Å². The average Bonchev–Trinajstić information content (AvgIpc) is 2.33. The van der Waals surface area contributed by atoms with Crippen molar-refractivity contribution in [3.8, 4) is 0 Å². The Morgan fingerprint density at radius 1 is 1.32 bits per heavy atom. The summed E-state index contributed by atoms with van der Waals surface area (Å²) in [6.45, 7) is 6.17. The predicted molar refractivity (Wildman–Crippen MR) is 82.2 cm³/mol. The summed E-state index contributed by atoms with van der Waals surface area (Å²) in [7, 11) is 0. The van der Waals surface area contributed by atoms with Crippen LogP contribution in [0.3, 0.4) is 0 Å². The van der Waals surface area contributed by atoms with Crippen LogP contribution in [0.1, 0.15) is 49.0 Å². The molecule has 1 fully saturated rings. The zero-order chi connectivity index (χ0) is 14.2. The number of hydrogen-bond acceptors (Lipinski definition) is 2. The monoisotopic (exact) mass is 324 g/mol. The minimum atomic E-state index is 0.102. The predicted octanol–water partition coefficient (Wildman–Crippen LogP) is 3.74. The minimum absolute atomic E-state index is 0.102. The van der Waals surface area contributed by atoms with Gasteiger partial charge >= 0.3 is 0 Å². The van der Waals surface area contributed by atoms with Gasteiger partial charge in [0.25, 0.3) is 5.91 Å². The fraction of sp³-hybridized carbons (Fsp3) is 0.533. The molecule has 0 spiro atoms. The highest BCUT2D eigenvalue weighted by Gasteiger charge is 2.30. The van der Waals surface area contributed by atoms with E-state index in [1.54, 1.807) is 0 Å². The van der Waals surface area contributed by atoms with Gasteiger partial charge in [0.05, 0.1) is 0 Å². The number of halogens is 1. The largest absolute Gasteiger partial charge is 0.398 e. The lowest BCUT2D eigenvalue weighted by molar-refractivity contribution is 0.0510. The van der Waals surface area contributed by atoms with Gasteiger partial charge in [-0.3, -0.25) is 4.79 Å². The SMILES string of the molecule is Cc1c(N)cc(Br)cc1C(=O)N1[C@H](C)CCC[C@@H]1C. The smallest absolute Gasteiger partial charge is 0.254 e. The number of benzene rings is 1. The summed E-state index contributed by atoms with van der Waals surface area (Å²) in [6.07, 6.45) is 3.36. The maximum Gasteiger partial charge on any atom is 0.254 e. The number of piperidine rings is 1. The maximum atomic E-state index is 12.8. The molecule has 1 saturated heterocycles. The summed E-state index contributed by atoms with van der Waals surface area (Å²) in [5, 5.41) is 0. The second-order valence-electron chi connectivity index (χ2n) is 5.51. The molecule has 104 valence electrons. The second kappa shape index (κ2) is 5.53. The van der Waals surface area contributed by atoms with Crippen molar-refractivity contribution < 1.29 is 4.79 Å². The van der Waals surface area contributed by atoms with Crippen molar-refractivity contribution >= 4 is 27.5 Å². The number of nitrogens with zero attached hydrogens (tertiary/aromatic N) is 1. The third-order valence-electron chi connectivity index (χ3n) is 4.07. The number of likely N-dealkylation sites (tertiary alicyclic amines) is 1. The summed E-state index contributed by atoms with van der Waals surface area (Å²) in [6, 6.07) is 4.32. The van der Waals surface area contributed by atoms with E-state index in [0.29, 0.717) is 23.3 Å². The first-order valence-corrected chi connectivity index (χ1v) is 7.59. The molecular weight excluding hydrogens is 304 g/mol. The van der Waals surface area contributed by atoms with Gasteiger partial charge in [0.1, 0.15) is 0 Å². The quantitative estimate of drug-likeness (QED) is 0.800. The van der Waals surface area contributed by atoms with Gasteiger partial charge < -0.3 is 10.6 Å². The zero-order valence-electron chi connectivity index (χ0n) is 11.7. The molecule has 0 aromatic heterocycles. The average molecular weight is 325 g/mol. The van der Waals surface area contributed by atoms with Crippen molar-refractivity contribution in [1.82, 2.24) is 4.90 Å². The molecule has 2 N–H and O–H groups in total. The second-order valence-corrected chi connectivity index (χ2v) is 6.42. The molecule has 0 radical (unpaired) electrons. The molecule has 3 nitrogen and oxygen atoms in total. The molecule has 2 atom stereocenters. The Morgan fingerprint density at radius 3 is 2.47 bits per heavy atom. The van der Waals surface area contributed by atoms with E-state index in [-0.39, 0.29) is 5.91 Å². The molecule has 1 aromatic carbocycles. The summed E-state index contributed by atoms with van der Waals surface area (Å²) in [4.78, 5) is 14.8. The number of hydrogen-bond donors (Lipinski definition) is 1. The first-order valence-electron chi connectivity index (χ1n) is 6.80. The molecule has 0 bridgehead atoms. The van der Waals surface area contributed by atoms with Crippen LogP contribution in [0, 0.1) is 6.92 Å². The summed E-state index contributed by atoms with van der Waals surface area (Å²) in [5.74, 6) is 0.102. The van der Waals surface area contributed by atoms with Crippen LogP contribution in [0.2, 0.25) is 0 Å². The normalized spacial score (nSPS) is 23.5. The van der Waals surface area contributed by atoms with Crippen molar-refractivity contribution in [2.45, 2.75) is 52.1 Å². The molecule has 1 amide bonds. The number of anilines is 1. The Bertz CT molecular complexity index is 491. The highest BCUT2D eigenvalue weighted by atomic mass is 79.9. The van der Waals surface area contributed by atoms with Gasteiger partial charge in [0.15, 0.2) is 0 Å². The van der Waals surface area contributed by atoms with Crippen LogP contribution in [-0.2, 0) is 0 Å². The van der Waals surface area contributed by atoms with Gasteiger partial charge in [0, 0.05) is 27.8 Å². The number of amides is 1. The van der Waals surface area contributed by atoms with Crippen LogP contribution in [0.15, 0.2) is 16.6 Å². The van der Waals surface area contributed by atoms with Crippen molar-refractivity contribution in [3.63, 3.8) is 0 Å². The summed E-state index contributed by atoms with van der Waals surface area (Å²) >= 11 is 3.42. The number of nitrogens with two attached hydrogens (primary N) is 1. The van der Waals surface area contributed by atoms with E-state index >= 15 is 0 Å². The Labute approximate surface area is 123 Å². The number of nitrogen functional groups attached to an aromatic ring is 1. The molecule has 4 heteroatoms. The van der Waals surface area contributed by atoms with Crippen molar-refractivity contribution in [2.75, 3.05) is 5.73 Å². The lowest BCUT2D eigenvalue weighted by atomic mass is 9.95. The third-order valence-corrected chi connectivity index (χ3v) is 4.53. The third kappa shape index (κ3) is 2.78. The fourth-order valence-corrected chi connectivity index (χ4v) is 3.36. The van der Waals surface area contributed by atoms with Gasteiger partial charge in [-0.1, -0.05) is 15.9 Å². The molecule has 1 heterocycles. The molecule has 0 unspecified atom stereocenters. The van der Waals surface area contributed by atoms with Gasteiger partial charge in [-0.2, -0.15) is 0 Å². The van der Waals surface area contributed by atoms with Crippen LogP contribution < -0.4 is 5.73 Å². The van der Waals surface area contributed by atoms with E-state index in [1.807, 2.05) is 24.0 Å². The van der Waals surface area contributed by atoms with Crippen LogP contribution in [0.4, 0.5) is 5.69 Å². The lowest BCUT2D eigenvalue weighted by Crippen LogP contribution is -2.47. The Morgan fingerprint density at radius 2 is 1.89 bits per heavy atom. The highest BCUT2D eigenvalue weighted by molar-refractivity contribution is 9.10. The highest BCUT2D eigenvalue weighted by Crippen LogP contribution is 2.28. The molecule has 1 aliphatic rings. The van der Waals surface area contributed by atoms with Crippen LogP contribution in [-0.4, -0.2) is 22.9 Å². The van der Waals surface area contributed by atoms with Crippen molar-refractivity contribution in [1.29, 1.82) is 0 Å². The molecule has 2 rings (SSSR count). The lowest BCUT2D eigenvalue weighted by Gasteiger charge is -2.39. The fourth-order valence-electron chi connectivity index (χ4n) is 2.88. The van der Waals surface area contributed by atoms with E-state index in [1.165, 1.54) is 6.42 Å². The Balaban J connectivity index is 2.38. The Hall–Kier alpha value is -1.03. The van der Waals surface area contributed by atoms with Gasteiger partial charge in [-0.25, -0.2) is 0 Å². The van der Waals surface area contributed by atoms with E-state index in [2.05, 4.69) is 29.8 Å². The molecule has 0 aliphatic carbocycles. The number of rotatable bonds is 1. The van der Waals surface area contributed by atoms with E-state index in [9.17, 15) is 4.79 Å². The van der Waals surface area contributed by atoms with Gasteiger partial charge in [-0.05, 0) is 57.7 Å². The zero-order valence-corrected chi connectivity index (χ0v) is 13.3. The van der Waals surface area contributed by atoms with E-state index < -0.39 is 0 Å². The van der Waals surface area contributed by atoms with Crippen molar-refractivity contribution in [2.24, 2.45) is 0 Å². The standard InChI is InChI=1S/C15H21BrN2O/c1-9-5-4-6-10(2)18(9)15(19)13-7-12(16)8-14(17)11(13)3/h7-10H,4-6,17H2,1-3H3/t9-,10+. The topological polar surface area (TPSA) is 46.3 Å². The van der Waals surface area contributed by atoms with Crippen LogP contribution in [0.25, 0.3) is 0 Å². The molecule has 1 aromatic rings. The summed E-state index contributed by atoms with van der Waals surface area (Å²) < 4.78 is 0.858. The van der Waals surface area contributed by atoms with Gasteiger partial charge in [-0.15, -0.1) is 0 Å². The molecule has 1 aliphatic heterocycles. The first-order chi connectivity index (χ1) is 8.91. The van der Waals surface area contributed by atoms with Crippen molar-refractivity contribution in [3.05, 3.63) is 27.7 Å². The van der Waals surface area contributed by atoms with Crippen LogP contribution >= 0.6 is 15.9 Å². The Kier molecular flexibility index (Phi) is 4.19. The minimum Gasteiger partial charge on any atom is -0.398 e. The van der Waals surface area contributed by atoms with Gasteiger partial charge in [0.2, 0.25) is 0 Å². The van der Waals surface area contributed by atoms with E-state index in [0.717, 1.165) is 22.9 Å². The van der Waals surface area contributed by atoms with Crippen LogP contribution in [0.5, 0.6) is 0 Å². The molecule has 19 heavy (non-hydrogen) atoms. The number of carbonyl (C=O) groups is 1.